The van der Waals surface area contributed by atoms with Gasteiger partial charge >= 0.3 is 11.9 Å². The molecule has 0 heterocycles. The van der Waals surface area contributed by atoms with Crippen LogP contribution < -0.4 is 0 Å². The lowest BCUT2D eigenvalue weighted by atomic mass is 9.73. The molecule has 1 aliphatic carbocycles. The Labute approximate surface area is 152 Å². The van der Waals surface area contributed by atoms with Gasteiger partial charge in [-0.15, -0.1) is 0 Å². The number of rotatable bonds is 6. The van der Waals surface area contributed by atoms with Crippen molar-refractivity contribution in [2.45, 2.75) is 45.4 Å². The third-order valence-electron chi connectivity index (χ3n) is 4.94. The number of carboxylic acids is 2. The van der Waals surface area contributed by atoms with Crippen molar-refractivity contribution in [3.63, 3.8) is 0 Å². The summed E-state index contributed by atoms with van der Waals surface area (Å²) in [6.07, 6.45) is 3.21. The van der Waals surface area contributed by atoms with Crippen LogP contribution in [0.2, 0.25) is 0 Å². The minimum atomic E-state index is -1.35. The summed E-state index contributed by atoms with van der Waals surface area (Å²) in [6.45, 7) is 7.82. The van der Waals surface area contributed by atoms with Gasteiger partial charge in [-0.2, -0.15) is 0 Å². The summed E-state index contributed by atoms with van der Waals surface area (Å²) in [4.78, 5) is 22.5. The van der Waals surface area contributed by atoms with Crippen molar-refractivity contribution < 1.29 is 30.0 Å². The van der Waals surface area contributed by atoms with Gasteiger partial charge in [0.1, 0.15) is 17.1 Å². The fraction of sp³-hybridized carbons (Fsp3) is 0.400. The Morgan fingerprint density at radius 2 is 1.92 bits per heavy atom. The number of benzene rings is 1. The largest absolute Gasteiger partial charge is 0.507 e. The minimum absolute atomic E-state index is 0.0259. The van der Waals surface area contributed by atoms with Gasteiger partial charge in [0.25, 0.3) is 0 Å². The number of carboxylic acid groups (broad SMARTS) is 2. The lowest BCUT2D eigenvalue weighted by Crippen LogP contribution is -2.18. The molecule has 0 amide bonds. The summed E-state index contributed by atoms with van der Waals surface area (Å²) in [5.41, 5.74) is 1.90. The highest BCUT2D eigenvalue weighted by Crippen LogP contribution is 2.48. The molecule has 6 heteroatoms. The Bertz CT molecular complexity index is 790. The maximum atomic E-state index is 11.7. The molecule has 1 aromatic rings. The topological polar surface area (TPSA) is 115 Å². The van der Waals surface area contributed by atoms with Crippen molar-refractivity contribution >= 4 is 11.9 Å². The highest BCUT2D eigenvalue weighted by molar-refractivity contribution is 5.94. The van der Waals surface area contributed by atoms with Crippen LogP contribution in [0.4, 0.5) is 0 Å². The van der Waals surface area contributed by atoms with E-state index >= 15 is 0 Å². The van der Waals surface area contributed by atoms with Crippen molar-refractivity contribution in [1.82, 2.24) is 0 Å². The Kier molecular flexibility index (Phi) is 5.75. The molecular formula is C20H24O6. The van der Waals surface area contributed by atoms with Crippen molar-refractivity contribution in [2.75, 3.05) is 0 Å². The standard InChI is InChI=1S/C20H24O6/c1-10(2)13-6-4-11(3)8-14(13)18-15(21)9-12(5-7-16(22)23)17(19(18)24)20(25)26/h8-9,13-14,21,24H,1,4-7H2,2-3H3,(H,22,23)(H,25,26)/t13-,14+/m0/s1. The van der Waals surface area contributed by atoms with E-state index in [1.54, 1.807) is 0 Å². The predicted molar refractivity (Wildman–Crippen MR) is 96.7 cm³/mol. The quantitative estimate of drug-likeness (QED) is 0.573. The molecule has 0 aromatic heterocycles. The Morgan fingerprint density at radius 1 is 1.27 bits per heavy atom. The Hall–Kier alpha value is -2.76. The molecule has 0 bridgehead atoms. The fourth-order valence-electron chi connectivity index (χ4n) is 3.64. The van der Waals surface area contributed by atoms with Crippen LogP contribution in [-0.2, 0) is 11.2 Å². The van der Waals surface area contributed by atoms with Gasteiger partial charge in [0, 0.05) is 17.9 Å². The molecule has 0 unspecified atom stereocenters. The zero-order valence-corrected chi connectivity index (χ0v) is 15.0. The number of phenolic OH excluding ortho intramolecular Hbond substituents is 1. The zero-order valence-electron chi connectivity index (χ0n) is 15.0. The van der Waals surface area contributed by atoms with Crippen molar-refractivity contribution in [1.29, 1.82) is 0 Å². The van der Waals surface area contributed by atoms with Crippen LogP contribution in [0.3, 0.4) is 0 Å². The van der Waals surface area contributed by atoms with Crippen LogP contribution in [0.5, 0.6) is 11.5 Å². The third kappa shape index (κ3) is 3.90. The highest BCUT2D eigenvalue weighted by Gasteiger charge is 2.33. The minimum Gasteiger partial charge on any atom is -0.507 e. The molecule has 0 aliphatic heterocycles. The molecule has 0 saturated heterocycles. The van der Waals surface area contributed by atoms with Crippen LogP contribution in [0.15, 0.2) is 29.9 Å². The average molecular weight is 360 g/mol. The van der Waals surface area contributed by atoms with E-state index in [-0.39, 0.29) is 47.1 Å². The van der Waals surface area contributed by atoms with E-state index in [9.17, 15) is 24.9 Å². The number of aryl methyl sites for hydroxylation is 1. The molecule has 1 aliphatic rings. The normalized spacial score (nSPS) is 19.7. The first-order chi connectivity index (χ1) is 12.1. The van der Waals surface area contributed by atoms with Crippen molar-refractivity contribution in [3.8, 4) is 11.5 Å². The smallest absolute Gasteiger partial charge is 0.339 e. The molecule has 0 radical (unpaired) electrons. The fourth-order valence-corrected chi connectivity index (χ4v) is 3.64. The van der Waals surface area contributed by atoms with E-state index in [0.717, 1.165) is 24.0 Å². The zero-order chi connectivity index (χ0) is 19.6. The lowest BCUT2D eigenvalue weighted by molar-refractivity contribution is -0.136. The first-order valence-corrected chi connectivity index (χ1v) is 8.49. The number of aromatic carboxylic acids is 1. The van der Waals surface area contributed by atoms with Crippen LogP contribution in [0.1, 0.15) is 60.5 Å². The van der Waals surface area contributed by atoms with Gasteiger partial charge in [-0.3, -0.25) is 4.79 Å². The van der Waals surface area contributed by atoms with Gasteiger partial charge in [-0.25, -0.2) is 4.79 Å². The number of aliphatic carboxylic acids is 1. The molecule has 26 heavy (non-hydrogen) atoms. The first kappa shape index (κ1) is 19.6. The van der Waals surface area contributed by atoms with E-state index in [0.29, 0.717) is 0 Å². The monoisotopic (exact) mass is 360 g/mol. The molecule has 0 spiro atoms. The summed E-state index contributed by atoms with van der Waals surface area (Å²) >= 11 is 0. The van der Waals surface area contributed by atoms with Crippen molar-refractivity contribution in [3.05, 3.63) is 46.6 Å². The number of hydrogen-bond acceptors (Lipinski definition) is 4. The van der Waals surface area contributed by atoms with E-state index in [1.165, 1.54) is 6.07 Å². The highest BCUT2D eigenvalue weighted by atomic mass is 16.4. The first-order valence-electron chi connectivity index (χ1n) is 8.49. The van der Waals surface area contributed by atoms with E-state index in [1.807, 2.05) is 19.9 Å². The summed E-state index contributed by atoms with van der Waals surface area (Å²) in [5, 5.41) is 39.6. The van der Waals surface area contributed by atoms with Crippen LogP contribution >= 0.6 is 0 Å². The molecule has 6 nitrogen and oxygen atoms in total. The van der Waals surface area contributed by atoms with E-state index in [4.69, 9.17) is 5.11 Å². The van der Waals surface area contributed by atoms with E-state index in [2.05, 4.69) is 6.58 Å². The van der Waals surface area contributed by atoms with Gasteiger partial charge in [0.15, 0.2) is 0 Å². The molecule has 2 rings (SSSR count). The SMILES string of the molecule is C=C(C)[C@@H]1CCC(C)=C[C@H]1c1c(O)cc(CCC(=O)O)c(C(=O)O)c1O. The number of carbonyl (C=O) groups is 2. The summed E-state index contributed by atoms with van der Waals surface area (Å²) < 4.78 is 0. The van der Waals surface area contributed by atoms with Crippen molar-refractivity contribution in [2.24, 2.45) is 5.92 Å². The summed E-state index contributed by atoms with van der Waals surface area (Å²) in [6, 6.07) is 1.26. The van der Waals surface area contributed by atoms with Gasteiger partial charge in [0.05, 0.1) is 0 Å². The van der Waals surface area contributed by atoms with Crippen LogP contribution in [0, 0.1) is 5.92 Å². The number of aromatic hydroxyl groups is 2. The van der Waals surface area contributed by atoms with Gasteiger partial charge in [-0.1, -0.05) is 23.8 Å². The van der Waals surface area contributed by atoms with Gasteiger partial charge < -0.3 is 20.4 Å². The second kappa shape index (κ2) is 7.64. The molecule has 0 fully saturated rings. The molecule has 2 atom stereocenters. The molecule has 1 aromatic carbocycles. The number of phenols is 2. The maximum absolute atomic E-state index is 11.7. The molecule has 4 N–H and O–H groups in total. The van der Waals surface area contributed by atoms with Gasteiger partial charge in [0.2, 0.25) is 0 Å². The number of allylic oxidation sites excluding steroid dienone is 3. The number of hydrogen-bond donors (Lipinski definition) is 4. The lowest BCUT2D eigenvalue weighted by Gasteiger charge is -2.32. The summed E-state index contributed by atoms with van der Waals surface area (Å²) in [5.74, 6) is -3.57. The predicted octanol–water partition coefficient (Wildman–Crippen LogP) is 3.83. The maximum Gasteiger partial charge on any atom is 0.339 e. The molecule has 0 saturated carbocycles. The third-order valence-corrected chi connectivity index (χ3v) is 4.94. The van der Waals surface area contributed by atoms with Gasteiger partial charge in [-0.05, 0) is 50.7 Å². The Morgan fingerprint density at radius 3 is 2.46 bits per heavy atom. The van der Waals surface area contributed by atoms with Crippen LogP contribution in [0.25, 0.3) is 0 Å². The Balaban J connectivity index is 2.63. The summed E-state index contributed by atoms with van der Waals surface area (Å²) in [7, 11) is 0. The second-order valence-electron chi connectivity index (χ2n) is 6.92. The van der Waals surface area contributed by atoms with E-state index < -0.39 is 17.7 Å². The molecular weight excluding hydrogens is 336 g/mol. The van der Waals surface area contributed by atoms with Crippen LogP contribution in [-0.4, -0.2) is 32.4 Å². The molecule has 140 valence electrons. The second-order valence-corrected chi connectivity index (χ2v) is 6.92. The average Bonchev–Trinajstić information content (AvgIpc) is 2.51.